The highest BCUT2D eigenvalue weighted by Gasteiger charge is 2.48. The van der Waals surface area contributed by atoms with Gasteiger partial charge in [0.15, 0.2) is 6.23 Å². The van der Waals surface area contributed by atoms with E-state index >= 15 is 0 Å². The van der Waals surface area contributed by atoms with Gasteiger partial charge in [-0.25, -0.2) is 16.0 Å². The molecule has 1 N–H and O–H groups in total. The number of ether oxygens (including phenoxy) is 2. The highest BCUT2D eigenvalue weighted by molar-refractivity contribution is 7.44. The molecule has 41 heavy (non-hydrogen) atoms. The molecule has 0 spiro atoms. The maximum Gasteiger partial charge on any atom is 0.351 e. The van der Waals surface area contributed by atoms with Crippen LogP contribution in [0.15, 0.2) is 41.3 Å². The number of benzene rings is 1. The van der Waals surface area contributed by atoms with Crippen LogP contribution in [0.3, 0.4) is 0 Å². The third-order valence-corrected chi connectivity index (χ3v) is 8.31. The number of amides is 1. The fourth-order valence-electron chi connectivity index (χ4n) is 4.42. The van der Waals surface area contributed by atoms with E-state index in [-0.39, 0.29) is 44.6 Å². The molecule has 11 nitrogen and oxygen atoms in total. The van der Waals surface area contributed by atoms with Gasteiger partial charge in [0, 0.05) is 30.8 Å². The van der Waals surface area contributed by atoms with Crippen LogP contribution < -0.4 is 11.0 Å². The maximum atomic E-state index is 13.3. The first-order valence-electron chi connectivity index (χ1n) is 14.0. The molecule has 2 heterocycles. The number of carbonyl (C=O) groups excluding carboxylic acids is 1. The van der Waals surface area contributed by atoms with E-state index < -0.39 is 44.7 Å². The van der Waals surface area contributed by atoms with Crippen LogP contribution in [0.25, 0.3) is 4.85 Å². The number of nitrogens with zero attached hydrogens (tertiary/aromatic N) is 4. The van der Waals surface area contributed by atoms with Crippen LogP contribution in [0.2, 0.25) is 0 Å². The molecule has 12 heteroatoms. The molecule has 5 atom stereocenters. The summed E-state index contributed by atoms with van der Waals surface area (Å²) in [4.78, 5) is 33.4. The largest absolute Gasteiger partial charge is 0.358 e. The van der Waals surface area contributed by atoms with Gasteiger partial charge in [-0.05, 0) is 53.7 Å². The molecule has 0 radical (unpaired) electrons. The van der Waals surface area contributed by atoms with Crippen molar-refractivity contribution in [1.29, 1.82) is 0 Å². The Bertz CT molecular complexity index is 1320. The minimum absolute atomic E-state index is 0.0507. The van der Waals surface area contributed by atoms with E-state index in [1.54, 1.807) is 37.3 Å². The molecule has 1 aromatic heterocycles. The average molecular weight is 585 g/mol. The number of hydrogen-bond acceptors (Lipinski definition) is 8. The zero-order valence-electron chi connectivity index (χ0n) is 25.0. The van der Waals surface area contributed by atoms with Gasteiger partial charge in [-0.2, -0.15) is 4.98 Å². The Morgan fingerprint density at radius 2 is 2.02 bits per heavy atom. The lowest BCUT2D eigenvalue weighted by molar-refractivity contribution is -0.0593. The molecule has 0 saturated carbocycles. The minimum Gasteiger partial charge on any atom is -0.358 e. The molecule has 0 bridgehead atoms. The smallest absolute Gasteiger partial charge is 0.351 e. The van der Waals surface area contributed by atoms with Crippen molar-refractivity contribution in [2.24, 2.45) is 0 Å². The Balaban J connectivity index is 1.95. The molecule has 3 rings (SSSR count). The molecule has 1 fully saturated rings. The molecule has 1 saturated heterocycles. The van der Waals surface area contributed by atoms with Crippen LogP contribution in [-0.2, 0) is 18.5 Å². The highest BCUT2D eigenvalue weighted by atomic mass is 31.2. The summed E-state index contributed by atoms with van der Waals surface area (Å²) in [5, 5.41) is 2.69. The fraction of sp³-hybridized carbons (Fsp3) is 0.517. The quantitative estimate of drug-likeness (QED) is 0.160. The molecular weight excluding hydrogens is 545 g/mol. The molecule has 1 aliphatic rings. The van der Waals surface area contributed by atoms with Gasteiger partial charge >= 0.3 is 5.69 Å². The van der Waals surface area contributed by atoms with Crippen LogP contribution in [0.5, 0.6) is 0 Å². The Morgan fingerprint density at radius 3 is 2.63 bits per heavy atom. The average Bonchev–Trinajstić information content (AvgIpc) is 3.30. The summed E-state index contributed by atoms with van der Waals surface area (Å²) in [6, 6.07) is 8.70. The lowest BCUT2D eigenvalue weighted by atomic mass is 10.1. The number of rotatable bonds is 13. The van der Waals surface area contributed by atoms with Crippen molar-refractivity contribution in [2.45, 2.75) is 78.1 Å². The van der Waals surface area contributed by atoms with E-state index in [1.165, 1.54) is 10.8 Å². The first-order valence-corrected chi connectivity index (χ1v) is 14.4. The standard InChI is InChI=1S/C29H38N5O6P/c1-9-16-37-25-24(40-41(38-17-15-30-8)34(19(2)3)20(4)5)22(7)39-28(25)33-18-21(6)26(32-29(33)36)31-27(35)23-13-11-10-12-14-23/h1,10-14,18-20,22,24-25,28H,15-17H2,2-7H3,(H,31,32,35,36)/t22-,24?,25?,28-,41?/m1/s1/i7D. The van der Waals surface area contributed by atoms with E-state index in [0.717, 1.165) is 0 Å². The number of anilines is 1. The minimum atomic E-state index is -1.69. The molecule has 1 amide bonds. The second kappa shape index (κ2) is 15.2. The number of nitrogens with one attached hydrogen (secondary N) is 1. The maximum absolute atomic E-state index is 13.3. The summed E-state index contributed by atoms with van der Waals surface area (Å²) >= 11 is 0. The summed E-state index contributed by atoms with van der Waals surface area (Å²) in [5.74, 6) is 2.17. The van der Waals surface area contributed by atoms with Gasteiger partial charge in [-0.15, -0.1) is 6.42 Å². The third kappa shape index (κ3) is 8.21. The lowest BCUT2D eigenvalue weighted by Crippen LogP contribution is -2.41. The second-order valence-corrected chi connectivity index (χ2v) is 11.3. The monoisotopic (exact) mass is 584 g/mol. The van der Waals surface area contributed by atoms with Crippen molar-refractivity contribution >= 4 is 20.3 Å². The Hall–Kier alpha value is -3.15. The van der Waals surface area contributed by atoms with Crippen molar-refractivity contribution in [3.63, 3.8) is 0 Å². The molecule has 1 aliphatic heterocycles. The Morgan fingerprint density at radius 1 is 1.32 bits per heavy atom. The zero-order chi connectivity index (χ0) is 30.8. The predicted octanol–water partition coefficient (Wildman–Crippen LogP) is 4.41. The lowest BCUT2D eigenvalue weighted by Gasteiger charge is -2.37. The van der Waals surface area contributed by atoms with Gasteiger partial charge < -0.3 is 28.7 Å². The number of hydrogen-bond donors (Lipinski definition) is 1. The van der Waals surface area contributed by atoms with E-state index in [0.29, 0.717) is 11.1 Å². The van der Waals surface area contributed by atoms with Gasteiger partial charge in [0.05, 0.1) is 6.10 Å². The topological polar surface area (TPSA) is 109 Å². The molecule has 0 aliphatic carbocycles. The van der Waals surface area contributed by atoms with Crippen molar-refractivity contribution in [3.05, 3.63) is 69.6 Å². The van der Waals surface area contributed by atoms with Gasteiger partial charge in [-0.3, -0.25) is 9.36 Å². The van der Waals surface area contributed by atoms with Gasteiger partial charge in [-0.1, -0.05) is 24.1 Å². The summed E-state index contributed by atoms with van der Waals surface area (Å²) in [6.45, 7) is 17.0. The van der Waals surface area contributed by atoms with Crippen LogP contribution in [0.1, 0.15) is 58.1 Å². The Labute approximate surface area is 244 Å². The van der Waals surface area contributed by atoms with E-state index in [2.05, 4.69) is 25.7 Å². The second-order valence-electron chi connectivity index (χ2n) is 9.92. The molecular formula is C29H38N5O6P. The fourth-order valence-corrected chi connectivity index (χ4v) is 6.18. The summed E-state index contributed by atoms with van der Waals surface area (Å²) < 4.78 is 36.3. The van der Waals surface area contributed by atoms with Gasteiger partial charge in [0.25, 0.3) is 14.4 Å². The van der Waals surface area contributed by atoms with Crippen LogP contribution in [0.4, 0.5) is 5.82 Å². The Kier molecular flexibility index (Phi) is 11.4. The van der Waals surface area contributed by atoms with Crippen molar-refractivity contribution in [3.8, 4) is 12.3 Å². The SMILES string of the molecule is [2H]C[C@H]1O[C@@H](n2cc(C)c(NC(=O)c3ccccc3)nc2=O)C(OCC#C)C1OP(OCC[N+]#[C-])N(C(C)C)C(C)C. The number of aromatic nitrogens is 2. The van der Waals surface area contributed by atoms with Crippen molar-refractivity contribution in [1.82, 2.24) is 14.2 Å². The number of carbonyl (C=O) groups is 1. The van der Waals surface area contributed by atoms with Gasteiger partial charge in [0.1, 0.15) is 31.2 Å². The van der Waals surface area contributed by atoms with E-state index in [1.807, 2.05) is 27.7 Å². The number of aryl methyl sites for hydroxylation is 1. The number of terminal acetylenes is 1. The molecule has 1 aromatic carbocycles. The van der Waals surface area contributed by atoms with Crippen molar-refractivity contribution in [2.75, 3.05) is 25.1 Å². The zero-order valence-corrected chi connectivity index (χ0v) is 24.9. The third-order valence-electron chi connectivity index (χ3n) is 6.18. The summed E-state index contributed by atoms with van der Waals surface area (Å²) in [5.41, 5.74) is 0.254. The molecule has 220 valence electrons. The van der Waals surface area contributed by atoms with Gasteiger partial charge in [0.2, 0.25) is 6.54 Å². The summed E-state index contributed by atoms with van der Waals surface area (Å²) in [6.07, 6.45) is 3.55. The van der Waals surface area contributed by atoms with Crippen LogP contribution in [0, 0.1) is 25.8 Å². The van der Waals surface area contributed by atoms with Crippen molar-refractivity contribution < 1.29 is 24.7 Å². The highest BCUT2D eigenvalue weighted by Crippen LogP contribution is 2.50. The summed E-state index contributed by atoms with van der Waals surface area (Å²) in [7, 11) is -1.69. The van der Waals surface area contributed by atoms with Crippen LogP contribution >= 0.6 is 8.53 Å². The molecule has 3 unspecified atom stereocenters. The first-order chi connectivity index (χ1) is 20.1. The first kappa shape index (κ1) is 30.8. The molecule has 2 aromatic rings. The van der Waals surface area contributed by atoms with E-state index in [9.17, 15) is 9.59 Å². The van der Waals surface area contributed by atoms with E-state index in [4.69, 9.17) is 32.9 Å². The van der Waals surface area contributed by atoms with Crippen LogP contribution in [-0.4, -0.2) is 70.3 Å². The predicted molar refractivity (Wildman–Crippen MR) is 157 cm³/mol. The normalized spacial score (nSPS) is 21.5.